The Morgan fingerprint density at radius 1 is 1.58 bits per heavy atom. The minimum atomic E-state index is -0.738. The van der Waals surface area contributed by atoms with Crippen molar-refractivity contribution in [1.29, 1.82) is 0 Å². The van der Waals surface area contributed by atoms with Crippen LogP contribution < -0.4 is 4.74 Å². The van der Waals surface area contributed by atoms with Gasteiger partial charge in [0.1, 0.15) is 23.7 Å². The Hall–Kier alpha value is -1.17. The maximum absolute atomic E-state index is 10.5. The number of methoxy groups -OCH3 is 1. The van der Waals surface area contributed by atoms with E-state index < -0.39 is 6.10 Å². The van der Waals surface area contributed by atoms with Crippen molar-refractivity contribution in [2.45, 2.75) is 31.1 Å². The molecule has 2 aliphatic heterocycles. The monoisotopic (exact) mass is 264 g/mol. The number of hydrogen-bond acceptors (Lipinski definition) is 5. The Morgan fingerprint density at radius 3 is 3.32 bits per heavy atom. The molecule has 5 heteroatoms. The number of rotatable bonds is 3. The number of aromatic nitrogens is 1. The summed E-state index contributed by atoms with van der Waals surface area (Å²) in [7, 11) is 1.59. The molecule has 2 fully saturated rings. The van der Waals surface area contributed by atoms with E-state index in [2.05, 4.69) is 9.88 Å². The first-order valence-electron chi connectivity index (χ1n) is 6.82. The zero-order valence-corrected chi connectivity index (χ0v) is 11.2. The van der Waals surface area contributed by atoms with E-state index in [9.17, 15) is 5.11 Å². The van der Waals surface area contributed by atoms with Crippen molar-refractivity contribution in [3.8, 4) is 5.75 Å². The van der Waals surface area contributed by atoms with Crippen molar-refractivity contribution in [2.75, 3.05) is 26.8 Å². The summed E-state index contributed by atoms with van der Waals surface area (Å²) in [5, 5.41) is 10.5. The Bertz CT molecular complexity index is 440. The summed E-state index contributed by atoms with van der Waals surface area (Å²) in [5.74, 6) is 0.613. The van der Waals surface area contributed by atoms with Gasteiger partial charge < -0.3 is 14.6 Å². The molecule has 0 bridgehead atoms. The Kier molecular flexibility index (Phi) is 3.68. The van der Waals surface area contributed by atoms with Gasteiger partial charge in [0.05, 0.1) is 13.7 Å². The molecule has 3 atom stereocenters. The van der Waals surface area contributed by atoms with Gasteiger partial charge in [0, 0.05) is 18.8 Å². The first kappa shape index (κ1) is 12.8. The van der Waals surface area contributed by atoms with Gasteiger partial charge in [-0.3, -0.25) is 9.88 Å². The standard InChI is InChI=1S/C14H20N2O3/c1-18-11-5-2-6-15-13(11)14(17)12-8-16-7-3-4-10(16)9-19-12/h2,5-6,10,12,14,17H,3-4,7-9H2,1H3. The molecule has 3 unspecified atom stereocenters. The van der Waals surface area contributed by atoms with Crippen molar-refractivity contribution in [3.05, 3.63) is 24.0 Å². The summed E-state index contributed by atoms with van der Waals surface area (Å²) in [4.78, 5) is 6.65. The minimum absolute atomic E-state index is 0.224. The summed E-state index contributed by atoms with van der Waals surface area (Å²) in [6.45, 7) is 2.58. The summed E-state index contributed by atoms with van der Waals surface area (Å²) in [5.41, 5.74) is 0.563. The average molecular weight is 264 g/mol. The molecular formula is C14H20N2O3. The second-order valence-corrected chi connectivity index (χ2v) is 5.20. The highest BCUT2D eigenvalue weighted by Gasteiger charge is 2.36. The molecule has 3 rings (SSSR count). The predicted molar refractivity (Wildman–Crippen MR) is 70.1 cm³/mol. The van der Waals surface area contributed by atoms with Crippen LogP contribution in [0.3, 0.4) is 0 Å². The fraction of sp³-hybridized carbons (Fsp3) is 0.643. The van der Waals surface area contributed by atoms with Gasteiger partial charge in [-0.1, -0.05) is 0 Å². The van der Waals surface area contributed by atoms with Crippen LogP contribution in [0.1, 0.15) is 24.6 Å². The summed E-state index contributed by atoms with van der Waals surface area (Å²) in [6.07, 6.45) is 3.14. The van der Waals surface area contributed by atoms with E-state index >= 15 is 0 Å². The molecule has 0 aromatic carbocycles. The lowest BCUT2D eigenvalue weighted by Gasteiger charge is -2.37. The van der Waals surface area contributed by atoms with Crippen molar-refractivity contribution in [2.24, 2.45) is 0 Å². The minimum Gasteiger partial charge on any atom is -0.495 e. The van der Waals surface area contributed by atoms with Crippen LogP contribution in [-0.2, 0) is 4.74 Å². The maximum Gasteiger partial charge on any atom is 0.143 e. The second kappa shape index (κ2) is 5.45. The van der Waals surface area contributed by atoms with Gasteiger partial charge in [-0.25, -0.2) is 0 Å². The van der Waals surface area contributed by atoms with E-state index in [0.29, 0.717) is 24.1 Å². The predicted octanol–water partition coefficient (Wildman–Crippen LogP) is 0.987. The normalized spacial score (nSPS) is 28.9. The number of ether oxygens (including phenoxy) is 2. The van der Waals surface area contributed by atoms with Gasteiger partial charge >= 0.3 is 0 Å². The average Bonchev–Trinajstić information content (AvgIpc) is 2.93. The second-order valence-electron chi connectivity index (χ2n) is 5.20. The van der Waals surface area contributed by atoms with E-state index in [1.165, 1.54) is 12.8 Å². The van der Waals surface area contributed by atoms with Crippen LogP contribution in [0.4, 0.5) is 0 Å². The van der Waals surface area contributed by atoms with Crippen LogP contribution in [0.25, 0.3) is 0 Å². The molecule has 1 aromatic rings. The summed E-state index contributed by atoms with van der Waals surface area (Å²) in [6, 6.07) is 4.15. The van der Waals surface area contributed by atoms with Gasteiger partial charge in [0.2, 0.25) is 0 Å². The number of aliphatic hydroxyl groups is 1. The molecule has 2 aliphatic rings. The van der Waals surface area contributed by atoms with Crippen LogP contribution in [0.15, 0.2) is 18.3 Å². The number of hydrogen-bond donors (Lipinski definition) is 1. The van der Waals surface area contributed by atoms with Crippen LogP contribution in [0.2, 0.25) is 0 Å². The quantitative estimate of drug-likeness (QED) is 0.882. The number of aliphatic hydroxyl groups excluding tert-OH is 1. The Balaban J connectivity index is 1.74. The molecule has 0 amide bonds. The van der Waals surface area contributed by atoms with E-state index in [4.69, 9.17) is 9.47 Å². The van der Waals surface area contributed by atoms with Crippen molar-refractivity contribution >= 4 is 0 Å². The molecule has 0 aliphatic carbocycles. The SMILES string of the molecule is COc1cccnc1C(O)C1CN2CCCC2CO1. The number of fused-ring (bicyclic) bond motifs is 1. The lowest BCUT2D eigenvalue weighted by Crippen LogP contribution is -2.48. The Morgan fingerprint density at radius 2 is 2.47 bits per heavy atom. The van der Waals surface area contributed by atoms with Crippen LogP contribution >= 0.6 is 0 Å². The van der Waals surface area contributed by atoms with Gasteiger partial charge in [0.25, 0.3) is 0 Å². The third kappa shape index (κ3) is 2.45. The van der Waals surface area contributed by atoms with Gasteiger partial charge in [-0.2, -0.15) is 0 Å². The highest BCUT2D eigenvalue weighted by molar-refractivity contribution is 5.29. The topological polar surface area (TPSA) is 54.8 Å². The lowest BCUT2D eigenvalue weighted by molar-refractivity contribution is -0.105. The van der Waals surface area contributed by atoms with Crippen molar-refractivity contribution in [1.82, 2.24) is 9.88 Å². The number of morpholine rings is 1. The number of pyridine rings is 1. The van der Waals surface area contributed by atoms with E-state index in [1.807, 2.05) is 6.07 Å². The lowest BCUT2D eigenvalue weighted by atomic mass is 10.1. The largest absolute Gasteiger partial charge is 0.495 e. The van der Waals surface area contributed by atoms with Crippen LogP contribution in [0, 0.1) is 0 Å². The van der Waals surface area contributed by atoms with Gasteiger partial charge in [0.15, 0.2) is 0 Å². The van der Waals surface area contributed by atoms with Crippen molar-refractivity contribution in [3.63, 3.8) is 0 Å². The molecule has 0 spiro atoms. The van der Waals surface area contributed by atoms with Gasteiger partial charge in [-0.05, 0) is 31.5 Å². The van der Waals surface area contributed by atoms with E-state index in [-0.39, 0.29) is 6.10 Å². The molecule has 1 aromatic heterocycles. The van der Waals surface area contributed by atoms with Gasteiger partial charge in [-0.15, -0.1) is 0 Å². The molecule has 3 heterocycles. The zero-order valence-electron chi connectivity index (χ0n) is 11.2. The summed E-state index contributed by atoms with van der Waals surface area (Å²) < 4.78 is 11.1. The Labute approximate surface area is 113 Å². The fourth-order valence-corrected chi connectivity index (χ4v) is 3.01. The third-order valence-corrected chi connectivity index (χ3v) is 4.07. The summed E-state index contributed by atoms with van der Waals surface area (Å²) >= 11 is 0. The maximum atomic E-state index is 10.5. The highest BCUT2D eigenvalue weighted by atomic mass is 16.5. The fourth-order valence-electron chi connectivity index (χ4n) is 3.01. The molecule has 1 N–H and O–H groups in total. The molecule has 0 saturated carbocycles. The molecule has 0 radical (unpaired) electrons. The zero-order chi connectivity index (χ0) is 13.2. The van der Waals surface area contributed by atoms with E-state index in [0.717, 1.165) is 13.1 Å². The van der Waals surface area contributed by atoms with E-state index in [1.54, 1.807) is 19.4 Å². The smallest absolute Gasteiger partial charge is 0.143 e. The molecule has 2 saturated heterocycles. The van der Waals surface area contributed by atoms with Crippen LogP contribution in [0.5, 0.6) is 5.75 Å². The van der Waals surface area contributed by atoms with Crippen molar-refractivity contribution < 1.29 is 14.6 Å². The number of nitrogens with zero attached hydrogens (tertiary/aromatic N) is 2. The third-order valence-electron chi connectivity index (χ3n) is 4.07. The van der Waals surface area contributed by atoms with Crippen LogP contribution in [-0.4, -0.2) is 53.9 Å². The first-order chi connectivity index (χ1) is 9.29. The highest BCUT2D eigenvalue weighted by Crippen LogP contribution is 2.31. The molecule has 5 nitrogen and oxygen atoms in total. The molecule has 19 heavy (non-hydrogen) atoms. The first-order valence-corrected chi connectivity index (χ1v) is 6.82. The molecule has 104 valence electrons. The molecular weight excluding hydrogens is 244 g/mol.